The molecule has 6 nitrogen and oxygen atoms in total. The van der Waals surface area contributed by atoms with Gasteiger partial charge in [0.25, 0.3) is 0 Å². The molecule has 0 bridgehead atoms. The van der Waals surface area contributed by atoms with Crippen LogP contribution in [0.4, 0.5) is 10.1 Å². The number of aromatic nitrogens is 2. The van der Waals surface area contributed by atoms with Gasteiger partial charge in [0.05, 0.1) is 5.69 Å². The van der Waals surface area contributed by atoms with E-state index in [9.17, 15) is 14.0 Å². The lowest BCUT2D eigenvalue weighted by Crippen LogP contribution is -2.37. The summed E-state index contributed by atoms with van der Waals surface area (Å²) < 4.78 is 19.2. The highest BCUT2D eigenvalue weighted by atomic mass is 32.2. The highest BCUT2D eigenvalue weighted by molar-refractivity contribution is 8.00. The van der Waals surface area contributed by atoms with Gasteiger partial charge in [0.1, 0.15) is 12.4 Å². The van der Waals surface area contributed by atoms with Gasteiger partial charge in [-0.15, -0.1) is 16.9 Å². The zero-order chi connectivity index (χ0) is 19.7. The number of anilines is 1. The first-order valence-electron chi connectivity index (χ1n) is 8.91. The Morgan fingerprint density at radius 3 is 2.79 bits per heavy atom. The number of carbonyl (C=O) groups excluding carboxylic acids is 1. The van der Waals surface area contributed by atoms with E-state index >= 15 is 0 Å². The lowest BCUT2D eigenvalue weighted by molar-refractivity contribution is -0.119. The minimum Gasteiger partial charge on any atom is -0.388 e. The third kappa shape index (κ3) is 3.73. The van der Waals surface area contributed by atoms with Crippen molar-refractivity contribution in [2.75, 3.05) is 11.4 Å². The zero-order valence-corrected chi connectivity index (χ0v) is 16.0. The van der Waals surface area contributed by atoms with Crippen molar-refractivity contribution < 1.29 is 13.6 Å². The molecule has 1 amide bonds. The van der Waals surface area contributed by atoms with Crippen LogP contribution < -0.4 is 10.7 Å². The minimum absolute atomic E-state index is 0.0539. The Bertz CT molecular complexity index is 1060. The molecule has 2 aromatic carbocycles. The first-order valence-corrected chi connectivity index (χ1v) is 9.79. The molecule has 0 N–H and O–H groups in total. The van der Waals surface area contributed by atoms with E-state index in [-0.39, 0.29) is 18.3 Å². The SMILES string of the molecule is CC1CCN(C(=O)Cn2nc(-c3ccc(F)cc3)oc2=O)c2ccccc2S1. The van der Waals surface area contributed by atoms with Crippen molar-refractivity contribution in [3.8, 4) is 11.5 Å². The summed E-state index contributed by atoms with van der Waals surface area (Å²) in [5.74, 6) is -1.30. The Balaban J connectivity index is 1.59. The fraction of sp³-hybridized carbons (Fsp3) is 0.250. The molecule has 1 unspecified atom stereocenters. The Morgan fingerprint density at radius 2 is 2.00 bits per heavy atom. The summed E-state index contributed by atoms with van der Waals surface area (Å²) in [5.41, 5.74) is 1.31. The van der Waals surface area contributed by atoms with Crippen molar-refractivity contribution in [1.82, 2.24) is 9.78 Å². The van der Waals surface area contributed by atoms with Gasteiger partial charge in [-0.2, -0.15) is 4.68 Å². The van der Waals surface area contributed by atoms with Gasteiger partial charge in [0.2, 0.25) is 11.8 Å². The van der Waals surface area contributed by atoms with E-state index in [0.29, 0.717) is 17.4 Å². The van der Waals surface area contributed by atoms with Crippen LogP contribution in [0.5, 0.6) is 0 Å². The van der Waals surface area contributed by atoms with Crippen LogP contribution in [0.1, 0.15) is 13.3 Å². The summed E-state index contributed by atoms with van der Waals surface area (Å²) in [6.07, 6.45) is 0.847. The fourth-order valence-electron chi connectivity index (χ4n) is 3.07. The molecule has 8 heteroatoms. The maximum atomic E-state index is 13.1. The average molecular weight is 399 g/mol. The quantitative estimate of drug-likeness (QED) is 0.674. The van der Waals surface area contributed by atoms with Gasteiger partial charge in [-0.05, 0) is 42.8 Å². The number of halogens is 1. The molecule has 1 aliphatic rings. The summed E-state index contributed by atoms with van der Waals surface area (Å²) in [6.45, 7) is 2.48. The van der Waals surface area contributed by atoms with E-state index in [2.05, 4.69) is 12.0 Å². The van der Waals surface area contributed by atoms with Crippen molar-refractivity contribution in [3.63, 3.8) is 0 Å². The Hall–Kier alpha value is -2.87. The molecule has 1 atom stereocenters. The fourth-order valence-corrected chi connectivity index (χ4v) is 4.19. The van der Waals surface area contributed by atoms with Crippen LogP contribution >= 0.6 is 11.8 Å². The second-order valence-electron chi connectivity index (χ2n) is 6.57. The van der Waals surface area contributed by atoms with Crippen molar-refractivity contribution >= 4 is 23.4 Å². The molecule has 4 rings (SSSR count). The highest BCUT2D eigenvalue weighted by Gasteiger charge is 2.25. The molecular weight excluding hydrogens is 381 g/mol. The largest absolute Gasteiger partial charge is 0.437 e. The van der Waals surface area contributed by atoms with E-state index in [1.54, 1.807) is 16.7 Å². The van der Waals surface area contributed by atoms with Crippen molar-refractivity contribution in [2.24, 2.45) is 0 Å². The van der Waals surface area contributed by atoms with E-state index in [4.69, 9.17) is 4.42 Å². The third-order valence-electron chi connectivity index (χ3n) is 4.53. The van der Waals surface area contributed by atoms with Crippen LogP contribution in [0.15, 0.2) is 62.6 Å². The molecule has 2 heterocycles. The number of nitrogens with zero attached hydrogens (tertiary/aromatic N) is 3. The average Bonchev–Trinajstić information content (AvgIpc) is 2.94. The number of carbonyl (C=O) groups is 1. The van der Waals surface area contributed by atoms with Crippen LogP contribution in [-0.4, -0.2) is 27.5 Å². The van der Waals surface area contributed by atoms with Gasteiger partial charge < -0.3 is 9.32 Å². The molecule has 1 aromatic heterocycles. The smallest absolute Gasteiger partial charge is 0.388 e. The van der Waals surface area contributed by atoms with Crippen molar-refractivity contribution in [1.29, 1.82) is 0 Å². The predicted molar refractivity (Wildman–Crippen MR) is 105 cm³/mol. The molecule has 0 spiro atoms. The van der Waals surface area contributed by atoms with E-state index in [0.717, 1.165) is 21.7 Å². The van der Waals surface area contributed by atoms with Gasteiger partial charge in [-0.1, -0.05) is 19.1 Å². The van der Waals surface area contributed by atoms with Crippen molar-refractivity contribution in [3.05, 3.63) is 64.9 Å². The Morgan fingerprint density at radius 1 is 1.25 bits per heavy atom. The zero-order valence-electron chi connectivity index (χ0n) is 15.2. The topological polar surface area (TPSA) is 68.3 Å². The van der Waals surface area contributed by atoms with Gasteiger partial charge >= 0.3 is 5.76 Å². The van der Waals surface area contributed by atoms with E-state index in [1.165, 1.54) is 24.3 Å². The van der Waals surface area contributed by atoms with Crippen LogP contribution in [-0.2, 0) is 11.3 Å². The molecule has 0 aliphatic carbocycles. The molecule has 0 radical (unpaired) electrons. The molecule has 28 heavy (non-hydrogen) atoms. The van der Waals surface area contributed by atoms with E-state index in [1.807, 2.05) is 24.3 Å². The van der Waals surface area contributed by atoms with Crippen LogP contribution in [0.25, 0.3) is 11.5 Å². The number of benzene rings is 2. The number of hydrogen-bond acceptors (Lipinski definition) is 5. The minimum atomic E-state index is -0.724. The highest BCUT2D eigenvalue weighted by Crippen LogP contribution is 2.37. The summed E-state index contributed by atoms with van der Waals surface area (Å²) in [7, 11) is 0. The Kier molecular flexibility index (Phi) is 5.04. The normalized spacial score (nSPS) is 16.5. The maximum Gasteiger partial charge on any atom is 0.437 e. The molecule has 0 fully saturated rings. The molecule has 3 aromatic rings. The summed E-state index contributed by atoms with van der Waals surface area (Å²) in [6, 6.07) is 13.2. The maximum absolute atomic E-state index is 13.1. The van der Waals surface area contributed by atoms with Crippen LogP contribution in [0.3, 0.4) is 0 Å². The second kappa shape index (κ2) is 7.63. The van der Waals surface area contributed by atoms with Crippen molar-refractivity contribution in [2.45, 2.75) is 30.0 Å². The van der Waals surface area contributed by atoms with Gasteiger partial charge in [0.15, 0.2) is 0 Å². The standard InChI is InChI=1S/C20H18FN3O3S/c1-13-10-11-23(16-4-2-3-5-17(16)28-13)18(25)12-24-20(26)27-19(22-24)14-6-8-15(21)9-7-14/h2-9,13H,10-12H2,1H3. The van der Waals surface area contributed by atoms with E-state index < -0.39 is 11.6 Å². The van der Waals surface area contributed by atoms with Gasteiger partial charge in [-0.3, -0.25) is 4.79 Å². The molecule has 144 valence electrons. The number of para-hydroxylation sites is 1. The Labute approximate surface area is 165 Å². The number of thioether (sulfide) groups is 1. The van der Waals surface area contributed by atoms with Crippen LogP contribution in [0, 0.1) is 5.82 Å². The van der Waals surface area contributed by atoms with Gasteiger partial charge in [0, 0.05) is 22.3 Å². The first kappa shape index (κ1) is 18.5. The predicted octanol–water partition coefficient (Wildman–Crippen LogP) is 3.56. The first-order chi connectivity index (χ1) is 13.5. The molecule has 0 saturated carbocycles. The lowest BCUT2D eigenvalue weighted by Gasteiger charge is -2.22. The monoisotopic (exact) mass is 399 g/mol. The third-order valence-corrected chi connectivity index (χ3v) is 5.76. The molecule has 1 aliphatic heterocycles. The summed E-state index contributed by atoms with van der Waals surface area (Å²) >= 11 is 1.74. The van der Waals surface area contributed by atoms with Crippen LogP contribution in [0.2, 0.25) is 0 Å². The molecule has 0 saturated heterocycles. The summed E-state index contributed by atoms with van der Waals surface area (Å²) in [4.78, 5) is 27.8. The second-order valence-corrected chi connectivity index (χ2v) is 8.05. The lowest BCUT2D eigenvalue weighted by atomic mass is 10.2. The number of amides is 1. The number of rotatable bonds is 3. The molecular formula is C20H18FN3O3S. The number of fused-ring (bicyclic) bond motifs is 1. The summed E-state index contributed by atoms with van der Waals surface area (Å²) in [5, 5.41) is 4.49. The number of hydrogen-bond donors (Lipinski definition) is 0. The van der Waals surface area contributed by atoms with Gasteiger partial charge in [-0.25, -0.2) is 9.18 Å².